The maximum Gasteiger partial charge on any atom is 0.0200 e. The van der Waals surface area contributed by atoms with Crippen LogP contribution in [0.1, 0.15) is 61.8 Å². The van der Waals surface area contributed by atoms with E-state index in [0.29, 0.717) is 5.41 Å². The molecule has 0 spiro atoms. The molecule has 1 unspecified atom stereocenters. The SMILES string of the molecule is Cc1cc(C)c(CC2(N)CCCC(C)(C)C2)c(C)c1. The summed E-state index contributed by atoms with van der Waals surface area (Å²) in [5, 5.41) is 0. The van der Waals surface area contributed by atoms with Crippen LogP contribution in [0.15, 0.2) is 12.1 Å². The average molecular weight is 259 g/mol. The van der Waals surface area contributed by atoms with Gasteiger partial charge in [-0.1, -0.05) is 38.0 Å². The van der Waals surface area contributed by atoms with E-state index in [9.17, 15) is 0 Å². The molecule has 0 heterocycles. The van der Waals surface area contributed by atoms with Crippen LogP contribution >= 0.6 is 0 Å². The Hall–Kier alpha value is -0.820. The van der Waals surface area contributed by atoms with E-state index in [0.717, 1.165) is 12.8 Å². The van der Waals surface area contributed by atoms with Gasteiger partial charge in [-0.2, -0.15) is 0 Å². The van der Waals surface area contributed by atoms with Crippen LogP contribution in [0.3, 0.4) is 0 Å². The first-order valence-corrected chi connectivity index (χ1v) is 7.56. The Morgan fingerprint density at radius 3 is 2.16 bits per heavy atom. The van der Waals surface area contributed by atoms with E-state index in [2.05, 4.69) is 46.8 Å². The van der Waals surface area contributed by atoms with E-state index in [4.69, 9.17) is 5.73 Å². The van der Waals surface area contributed by atoms with Crippen molar-refractivity contribution in [1.82, 2.24) is 0 Å². The highest BCUT2D eigenvalue weighted by atomic mass is 14.8. The third-order valence-corrected chi connectivity index (χ3v) is 4.73. The van der Waals surface area contributed by atoms with Crippen LogP contribution in [0.25, 0.3) is 0 Å². The summed E-state index contributed by atoms with van der Waals surface area (Å²) in [6.07, 6.45) is 5.94. The lowest BCUT2D eigenvalue weighted by Gasteiger charge is -2.43. The first kappa shape index (κ1) is 14.6. The van der Waals surface area contributed by atoms with E-state index in [1.807, 2.05) is 0 Å². The van der Waals surface area contributed by atoms with E-state index in [-0.39, 0.29) is 5.54 Å². The fourth-order valence-corrected chi connectivity index (χ4v) is 4.04. The molecule has 0 saturated heterocycles. The first-order chi connectivity index (χ1) is 8.71. The Morgan fingerprint density at radius 1 is 1.05 bits per heavy atom. The molecule has 0 radical (unpaired) electrons. The summed E-state index contributed by atoms with van der Waals surface area (Å²) in [6, 6.07) is 4.58. The molecular weight excluding hydrogens is 230 g/mol. The molecule has 1 saturated carbocycles. The van der Waals surface area contributed by atoms with Crippen molar-refractivity contribution in [3.8, 4) is 0 Å². The van der Waals surface area contributed by atoms with Gasteiger partial charge in [0.1, 0.15) is 0 Å². The Kier molecular flexibility index (Phi) is 3.79. The molecule has 0 aromatic heterocycles. The average Bonchev–Trinajstić information content (AvgIpc) is 2.21. The van der Waals surface area contributed by atoms with Crippen molar-refractivity contribution in [1.29, 1.82) is 0 Å². The van der Waals surface area contributed by atoms with Gasteiger partial charge in [0.25, 0.3) is 0 Å². The molecule has 1 heteroatoms. The first-order valence-electron chi connectivity index (χ1n) is 7.56. The predicted octanol–water partition coefficient (Wildman–Crippen LogP) is 4.45. The van der Waals surface area contributed by atoms with Gasteiger partial charge >= 0.3 is 0 Å². The molecule has 0 aliphatic heterocycles. The fraction of sp³-hybridized carbons (Fsp3) is 0.667. The molecule has 1 aromatic rings. The highest BCUT2D eigenvalue weighted by Crippen LogP contribution is 2.41. The van der Waals surface area contributed by atoms with Crippen LogP contribution in [0, 0.1) is 26.2 Å². The third-order valence-electron chi connectivity index (χ3n) is 4.73. The second-order valence-corrected chi connectivity index (χ2v) is 7.61. The van der Waals surface area contributed by atoms with Crippen LogP contribution in [0.4, 0.5) is 0 Å². The normalized spacial score (nSPS) is 26.4. The molecular formula is C18H29N. The summed E-state index contributed by atoms with van der Waals surface area (Å²) >= 11 is 0. The molecule has 1 aromatic carbocycles. The molecule has 1 aliphatic carbocycles. The zero-order chi connectivity index (χ0) is 14.3. The van der Waals surface area contributed by atoms with Gasteiger partial charge in [0.05, 0.1) is 0 Å². The van der Waals surface area contributed by atoms with Gasteiger partial charge in [-0.25, -0.2) is 0 Å². The van der Waals surface area contributed by atoms with Gasteiger partial charge in [0.15, 0.2) is 0 Å². The van der Waals surface area contributed by atoms with E-state index < -0.39 is 0 Å². The number of benzene rings is 1. The molecule has 19 heavy (non-hydrogen) atoms. The summed E-state index contributed by atoms with van der Waals surface area (Å²) in [5.41, 5.74) is 12.8. The maximum atomic E-state index is 6.74. The van der Waals surface area contributed by atoms with Gasteiger partial charge in [-0.05, 0) is 68.6 Å². The molecule has 1 fully saturated rings. The van der Waals surface area contributed by atoms with Crippen molar-refractivity contribution in [3.63, 3.8) is 0 Å². The summed E-state index contributed by atoms with van der Waals surface area (Å²) in [7, 11) is 0. The quantitative estimate of drug-likeness (QED) is 0.834. The number of hydrogen-bond donors (Lipinski definition) is 1. The Morgan fingerprint density at radius 2 is 1.63 bits per heavy atom. The standard InChI is InChI=1S/C18H29N/c1-13-9-14(2)16(15(3)10-13)11-18(19)8-6-7-17(4,5)12-18/h9-10H,6-8,11-12,19H2,1-5H3. The molecule has 0 amide bonds. The highest BCUT2D eigenvalue weighted by Gasteiger charge is 2.37. The predicted molar refractivity (Wildman–Crippen MR) is 83.5 cm³/mol. The summed E-state index contributed by atoms with van der Waals surface area (Å²) in [6.45, 7) is 11.4. The van der Waals surface area contributed by atoms with Gasteiger partial charge < -0.3 is 5.73 Å². The number of nitrogens with two attached hydrogens (primary N) is 1. The number of rotatable bonds is 2. The van der Waals surface area contributed by atoms with Gasteiger partial charge in [-0.15, -0.1) is 0 Å². The lowest BCUT2D eigenvalue weighted by Crippen LogP contribution is -2.48. The number of aryl methyl sites for hydroxylation is 3. The fourth-order valence-electron chi connectivity index (χ4n) is 4.04. The van der Waals surface area contributed by atoms with Crippen molar-refractivity contribution in [3.05, 3.63) is 34.4 Å². The highest BCUT2D eigenvalue weighted by molar-refractivity contribution is 5.38. The Balaban J connectivity index is 2.25. The van der Waals surface area contributed by atoms with Crippen LogP contribution in [-0.4, -0.2) is 5.54 Å². The van der Waals surface area contributed by atoms with Crippen molar-refractivity contribution in [2.24, 2.45) is 11.1 Å². The zero-order valence-corrected chi connectivity index (χ0v) is 13.3. The van der Waals surface area contributed by atoms with E-state index in [1.54, 1.807) is 0 Å². The molecule has 2 rings (SSSR count). The minimum atomic E-state index is -0.00741. The second-order valence-electron chi connectivity index (χ2n) is 7.61. The Labute approximate surface area is 118 Å². The molecule has 106 valence electrons. The summed E-state index contributed by atoms with van der Waals surface area (Å²) in [4.78, 5) is 0. The molecule has 1 atom stereocenters. The Bertz CT molecular complexity index is 450. The van der Waals surface area contributed by atoms with Crippen molar-refractivity contribution in [2.75, 3.05) is 0 Å². The minimum absolute atomic E-state index is 0.00741. The van der Waals surface area contributed by atoms with Crippen molar-refractivity contribution in [2.45, 2.75) is 72.3 Å². The molecule has 2 N–H and O–H groups in total. The largest absolute Gasteiger partial charge is 0.325 e. The van der Waals surface area contributed by atoms with Crippen LogP contribution in [-0.2, 0) is 6.42 Å². The second kappa shape index (κ2) is 4.94. The summed E-state index contributed by atoms with van der Waals surface area (Å²) in [5.74, 6) is 0. The van der Waals surface area contributed by atoms with Crippen LogP contribution < -0.4 is 5.73 Å². The van der Waals surface area contributed by atoms with Crippen LogP contribution in [0.5, 0.6) is 0 Å². The molecule has 0 bridgehead atoms. The maximum absolute atomic E-state index is 6.74. The zero-order valence-electron chi connectivity index (χ0n) is 13.3. The van der Waals surface area contributed by atoms with Crippen LogP contribution in [0.2, 0.25) is 0 Å². The van der Waals surface area contributed by atoms with E-state index in [1.165, 1.54) is 41.5 Å². The molecule has 1 nitrogen and oxygen atoms in total. The lowest BCUT2D eigenvalue weighted by molar-refractivity contribution is 0.150. The lowest BCUT2D eigenvalue weighted by atomic mass is 9.66. The van der Waals surface area contributed by atoms with E-state index >= 15 is 0 Å². The minimum Gasteiger partial charge on any atom is -0.325 e. The smallest absolute Gasteiger partial charge is 0.0200 e. The topological polar surface area (TPSA) is 26.0 Å². The van der Waals surface area contributed by atoms with Gasteiger partial charge in [0, 0.05) is 5.54 Å². The van der Waals surface area contributed by atoms with Crippen molar-refractivity contribution >= 4 is 0 Å². The van der Waals surface area contributed by atoms with Crippen molar-refractivity contribution < 1.29 is 0 Å². The molecule has 1 aliphatic rings. The third kappa shape index (κ3) is 3.39. The number of hydrogen-bond acceptors (Lipinski definition) is 1. The summed E-state index contributed by atoms with van der Waals surface area (Å²) < 4.78 is 0. The van der Waals surface area contributed by atoms with Gasteiger partial charge in [0.2, 0.25) is 0 Å². The monoisotopic (exact) mass is 259 g/mol. The van der Waals surface area contributed by atoms with Gasteiger partial charge in [-0.3, -0.25) is 0 Å².